The first-order valence-corrected chi connectivity index (χ1v) is 5.86. The molecule has 1 aromatic heterocycles. The maximum atomic E-state index is 12.7. The summed E-state index contributed by atoms with van der Waals surface area (Å²) in [5.74, 6) is -2.82. The zero-order chi connectivity index (χ0) is 14.0. The molecule has 1 saturated carbocycles. The van der Waals surface area contributed by atoms with Gasteiger partial charge in [-0.25, -0.2) is 4.79 Å². The molecule has 0 atom stereocenters. The molecule has 0 amide bonds. The topological polar surface area (TPSA) is 72.6 Å². The minimum atomic E-state index is -4.83. The normalized spacial score (nSPS) is 17.4. The van der Waals surface area contributed by atoms with E-state index in [0.29, 0.717) is 12.8 Å². The van der Waals surface area contributed by atoms with E-state index in [0.717, 1.165) is 19.3 Å². The highest BCUT2D eigenvalue weighted by molar-refractivity contribution is 5.60. The van der Waals surface area contributed by atoms with Gasteiger partial charge in [0, 0.05) is 5.92 Å². The van der Waals surface area contributed by atoms with Crippen LogP contribution in [0.1, 0.15) is 49.7 Å². The molecule has 1 aliphatic carbocycles. The van der Waals surface area contributed by atoms with Crippen LogP contribution in [-0.2, 0) is 6.18 Å². The van der Waals surface area contributed by atoms with Gasteiger partial charge in [0.05, 0.1) is 0 Å². The molecule has 0 bridgehead atoms. The summed E-state index contributed by atoms with van der Waals surface area (Å²) < 4.78 is 46.7. The average Bonchev–Trinajstić information content (AvgIpc) is 2.73. The van der Waals surface area contributed by atoms with Gasteiger partial charge < -0.3 is 14.3 Å². The molecule has 0 aromatic carbocycles. The molecule has 0 radical (unpaired) electrons. The first-order chi connectivity index (χ1) is 8.88. The van der Waals surface area contributed by atoms with Gasteiger partial charge in [0.15, 0.2) is 0 Å². The van der Waals surface area contributed by atoms with Crippen LogP contribution in [0.15, 0.2) is 4.42 Å². The molecule has 5 nitrogen and oxygen atoms in total. The number of carbonyl (C=O) groups is 1. The molecule has 19 heavy (non-hydrogen) atoms. The lowest BCUT2D eigenvalue weighted by atomic mass is 9.89. The minimum absolute atomic E-state index is 0.0942. The van der Waals surface area contributed by atoms with Gasteiger partial charge >= 0.3 is 12.3 Å². The van der Waals surface area contributed by atoms with Crippen LogP contribution >= 0.6 is 0 Å². The molecule has 1 heterocycles. The van der Waals surface area contributed by atoms with Crippen LogP contribution in [0.2, 0.25) is 0 Å². The van der Waals surface area contributed by atoms with Crippen LogP contribution < -0.4 is 4.74 Å². The van der Waals surface area contributed by atoms with Gasteiger partial charge in [0.2, 0.25) is 5.89 Å². The molecule has 0 unspecified atom stereocenters. The van der Waals surface area contributed by atoms with Gasteiger partial charge in [-0.3, -0.25) is 0 Å². The van der Waals surface area contributed by atoms with Crippen LogP contribution in [0.3, 0.4) is 0 Å². The summed E-state index contributed by atoms with van der Waals surface area (Å²) in [5, 5.41) is 8.41. The number of rotatable bonds is 2. The standard InChI is InChI=1S/C11H12F3NO4/c12-11(13,14)7-9(19-10(16)17)15-8(18-7)6-4-2-1-3-5-6/h6H,1-5H2,(H,16,17). The number of alkyl halides is 3. The molecule has 2 rings (SSSR count). The van der Waals surface area contributed by atoms with E-state index in [4.69, 9.17) is 9.52 Å². The highest BCUT2D eigenvalue weighted by Gasteiger charge is 2.42. The van der Waals surface area contributed by atoms with Gasteiger partial charge in [0.1, 0.15) is 0 Å². The lowest BCUT2D eigenvalue weighted by Crippen LogP contribution is -2.10. The van der Waals surface area contributed by atoms with Crippen molar-refractivity contribution in [3.05, 3.63) is 11.7 Å². The number of oxazole rings is 1. The lowest BCUT2D eigenvalue weighted by molar-refractivity contribution is -0.154. The predicted octanol–water partition coefficient (Wildman–Crippen LogP) is 3.80. The summed E-state index contributed by atoms with van der Waals surface area (Å²) in [7, 11) is 0. The second kappa shape index (κ2) is 5.10. The fourth-order valence-electron chi connectivity index (χ4n) is 2.18. The van der Waals surface area contributed by atoms with E-state index in [2.05, 4.69) is 9.72 Å². The Morgan fingerprint density at radius 3 is 2.47 bits per heavy atom. The highest BCUT2D eigenvalue weighted by Crippen LogP contribution is 2.40. The average molecular weight is 279 g/mol. The second-order valence-electron chi connectivity index (χ2n) is 4.39. The Labute approximate surface area is 106 Å². The fourth-order valence-corrected chi connectivity index (χ4v) is 2.18. The van der Waals surface area contributed by atoms with Crippen molar-refractivity contribution >= 4 is 6.16 Å². The maximum absolute atomic E-state index is 12.7. The SMILES string of the molecule is O=C(O)Oc1nc(C2CCCCC2)oc1C(F)(F)F. The number of aromatic nitrogens is 1. The maximum Gasteiger partial charge on any atom is 0.512 e. The first kappa shape index (κ1) is 13.7. The molecular formula is C11H12F3NO4. The van der Waals surface area contributed by atoms with Gasteiger partial charge in [-0.2, -0.15) is 18.2 Å². The Morgan fingerprint density at radius 1 is 1.32 bits per heavy atom. The van der Waals surface area contributed by atoms with Crippen molar-refractivity contribution in [2.75, 3.05) is 0 Å². The van der Waals surface area contributed by atoms with Crippen molar-refractivity contribution in [3.8, 4) is 5.88 Å². The van der Waals surface area contributed by atoms with E-state index < -0.39 is 24.0 Å². The third kappa shape index (κ3) is 3.18. The minimum Gasteiger partial charge on any atom is -0.449 e. The third-order valence-electron chi connectivity index (χ3n) is 3.01. The molecule has 8 heteroatoms. The predicted molar refractivity (Wildman–Crippen MR) is 56.0 cm³/mol. The van der Waals surface area contributed by atoms with Gasteiger partial charge in [-0.05, 0) is 12.8 Å². The summed E-state index contributed by atoms with van der Waals surface area (Å²) >= 11 is 0. The highest BCUT2D eigenvalue weighted by atomic mass is 19.4. The molecule has 0 aliphatic heterocycles. The van der Waals surface area contributed by atoms with E-state index in [1.54, 1.807) is 0 Å². The Balaban J connectivity index is 2.30. The van der Waals surface area contributed by atoms with E-state index in [1.807, 2.05) is 0 Å². The quantitative estimate of drug-likeness (QED) is 0.833. The third-order valence-corrected chi connectivity index (χ3v) is 3.01. The Hall–Kier alpha value is -1.73. The number of carboxylic acid groups (broad SMARTS) is 1. The van der Waals surface area contributed by atoms with Crippen LogP contribution in [0.4, 0.5) is 18.0 Å². The van der Waals surface area contributed by atoms with Gasteiger partial charge in [-0.1, -0.05) is 19.3 Å². The molecule has 1 aromatic rings. The van der Waals surface area contributed by atoms with E-state index in [-0.39, 0.29) is 11.8 Å². The van der Waals surface area contributed by atoms with Crippen molar-refractivity contribution in [1.82, 2.24) is 4.98 Å². The summed E-state index contributed by atoms with van der Waals surface area (Å²) in [5.41, 5.74) is 0. The zero-order valence-corrected chi connectivity index (χ0v) is 9.87. The van der Waals surface area contributed by atoms with Crippen LogP contribution in [0, 0.1) is 0 Å². The Bertz CT molecular complexity index is 463. The van der Waals surface area contributed by atoms with Crippen molar-refractivity contribution in [2.24, 2.45) is 0 Å². The van der Waals surface area contributed by atoms with E-state index >= 15 is 0 Å². The Morgan fingerprint density at radius 2 is 1.95 bits per heavy atom. The number of hydrogen-bond donors (Lipinski definition) is 1. The Kier molecular flexibility index (Phi) is 3.68. The van der Waals surface area contributed by atoms with Crippen molar-refractivity contribution in [1.29, 1.82) is 0 Å². The number of halogens is 3. The number of nitrogens with zero attached hydrogens (tertiary/aromatic N) is 1. The molecular weight excluding hydrogens is 267 g/mol. The zero-order valence-electron chi connectivity index (χ0n) is 9.87. The summed E-state index contributed by atoms with van der Waals surface area (Å²) in [6.45, 7) is 0. The summed E-state index contributed by atoms with van der Waals surface area (Å²) in [6.07, 6.45) is -2.50. The molecule has 106 valence electrons. The van der Waals surface area contributed by atoms with Gasteiger partial charge in [0.25, 0.3) is 11.6 Å². The largest absolute Gasteiger partial charge is 0.512 e. The first-order valence-electron chi connectivity index (χ1n) is 5.86. The molecule has 1 fully saturated rings. The number of hydrogen-bond acceptors (Lipinski definition) is 4. The molecule has 0 spiro atoms. The van der Waals surface area contributed by atoms with E-state index in [1.165, 1.54) is 0 Å². The van der Waals surface area contributed by atoms with Gasteiger partial charge in [-0.15, -0.1) is 0 Å². The van der Waals surface area contributed by atoms with Crippen LogP contribution in [0.5, 0.6) is 5.88 Å². The smallest absolute Gasteiger partial charge is 0.449 e. The van der Waals surface area contributed by atoms with Crippen LogP contribution in [-0.4, -0.2) is 16.2 Å². The summed E-state index contributed by atoms with van der Waals surface area (Å²) in [4.78, 5) is 13.9. The second-order valence-corrected chi connectivity index (χ2v) is 4.39. The van der Waals surface area contributed by atoms with Crippen molar-refractivity contribution in [2.45, 2.75) is 44.2 Å². The monoisotopic (exact) mass is 279 g/mol. The van der Waals surface area contributed by atoms with Crippen molar-refractivity contribution < 1.29 is 32.2 Å². The molecule has 1 aliphatic rings. The fraction of sp³-hybridized carbons (Fsp3) is 0.636. The molecule has 0 saturated heterocycles. The number of ether oxygens (including phenoxy) is 1. The van der Waals surface area contributed by atoms with Crippen molar-refractivity contribution in [3.63, 3.8) is 0 Å². The van der Waals surface area contributed by atoms with E-state index in [9.17, 15) is 18.0 Å². The lowest BCUT2D eigenvalue weighted by Gasteiger charge is -2.17. The summed E-state index contributed by atoms with van der Waals surface area (Å²) in [6, 6.07) is 0. The molecule has 1 N–H and O–H groups in total. The van der Waals surface area contributed by atoms with Crippen LogP contribution in [0.25, 0.3) is 0 Å².